The molecule has 0 spiro atoms. The predicted molar refractivity (Wildman–Crippen MR) is 62.3 cm³/mol. The summed E-state index contributed by atoms with van der Waals surface area (Å²) in [5, 5.41) is 5.32. The molecule has 1 amide bonds. The highest BCUT2D eigenvalue weighted by atomic mass is 32.1. The van der Waals surface area contributed by atoms with Crippen LogP contribution in [-0.2, 0) is 0 Å². The molecule has 0 bridgehead atoms. The number of rotatable bonds is 1. The molecule has 3 nitrogen and oxygen atoms in total. The van der Waals surface area contributed by atoms with Crippen molar-refractivity contribution < 1.29 is 4.79 Å². The second-order valence-electron chi connectivity index (χ2n) is 4.09. The average Bonchev–Trinajstić information content (AvgIpc) is 2.74. The molecule has 2 unspecified atom stereocenters. The van der Waals surface area contributed by atoms with Crippen LogP contribution >= 0.6 is 11.3 Å². The molecule has 1 N–H and O–H groups in total. The van der Waals surface area contributed by atoms with Crippen molar-refractivity contribution in [1.29, 1.82) is 0 Å². The third kappa shape index (κ3) is 2.21. The number of nitrogens with zero attached hydrogens (tertiary/aromatic N) is 1. The van der Waals surface area contributed by atoms with Crippen LogP contribution in [0.15, 0.2) is 17.5 Å². The van der Waals surface area contributed by atoms with E-state index in [2.05, 4.69) is 19.2 Å². The standard InChI is InChI=1S/C11H16N2OS/c1-8-7-13(9(2)6-12-8)11(14)10-4-3-5-15-10/h3-5,8-9,12H,6-7H2,1-2H3. The Morgan fingerprint density at radius 1 is 1.60 bits per heavy atom. The number of amides is 1. The van der Waals surface area contributed by atoms with E-state index >= 15 is 0 Å². The molecule has 0 radical (unpaired) electrons. The summed E-state index contributed by atoms with van der Waals surface area (Å²) >= 11 is 1.52. The molecule has 4 heteroatoms. The maximum atomic E-state index is 12.1. The molecule has 1 aromatic heterocycles. The number of carbonyl (C=O) groups is 1. The lowest BCUT2D eigenvalue weighted by atomic mass is 10.1. The van der Waals surface area contributed by atoms with Crippen molar-refractivity contribution in [1.82, 2.24) is 10.2 Å². The van der Waals surface area contributed by atoms with Gasteiger partial charge in [0.2, 0.25) is 0 Å². The van der Waals surface area contributed by atoms with Crippen LogP contribution in [0.3, 0.4) is 0 Å². The van der Waals surface area contributed by atoms with Crippen molar-refractivity contribution in [2.45, 2.75) is 25.9 Å². The second-order valence-corrected chi connectivity index (χ2v) is 5.04. The summed E-state index contributed by atoms with van der Waals surface area (Å²) in [7, 11) is 0. The summed E-state index contributed by atoms with van der Waals surface area (Å²) in [6, 6.07) is 4.50. The number of carbonyl (C=O) groups excluding carboxylic acids is 1. The van der Waals surface area contributed by atoms with E-state index in [1.54, 1.807) is 0 Å². The first-order valence-electron chi connectivity index (χ1n) is 5.26. The molecule has 2 rings (SSSR count). The molecular formula is C11H16N2OS. The zero-order valence-electron chi connectivity index (χ0n) is 9.06. The highest BCUT2D eigenvalue weighted by Gasteiger charge is 2.27. The SMILES string of the molecule is CC1CN(C(=O)c2cccs2)C(C)CN1. The lowest BCUT2D eigenvalue weighted by Crippen LogP contribution is -2.56. The minimum absolute atomic E-state index is 0.172. The molecular weight excluding hydrogens is 208 g/mol. The molecule has 1 aromatic rings. The first kappa shape index (κ1) is 10.6. The van der Waals surface area contributed by atoms with Gasteiger partial charge in [0.1, 0.15) is 0 Å². The van der Waals surface area contributed by atoms with Crippen molar-refractivity contribution in [3.8, 4) is 0 Å². The molecule has 1 aliphatic rings. The Morgan fingerprint density at radius 3 is 3.07 bits per heavy atom. The average molecular weight is 224 g/mol. The van der Waals surface area contributed by atoms with Crippen LogP contribution in [0.5, 0.6) is 0 Å². The zero-order chi connectivity index (χ0) is 10.8. The van der Waals surface area contributed by atoms with Crippen LogP contribution in [0.2, 0.25) is 0 Å². The minimum atomic E-state index is 0.172. The van der Waals surface area contributed by atoms with E-state index in [4.69, 9.17) is 0 Å². The number of hydrogen-bond donors (Lipinski definition) is 1. The lowest BCUT2D eigenvalue weighted by Gasteiger charge is -2.37. The fourth-order valence-corrected chi connectivity index (χ4v) is 2.53. The Morgan fingerprint density at radius 2 is 2.40 bits per heavy atom. The second kappa shape index (κ2) is 4.33. The number of piperazine rings is 1. The van der Waals surface area contributed by atoms with Crippen LogP contribution in [-0.4, -0.2) is 36.0 Å². The first-order valence-corrected chi connectivity index (χ1v) is 6.14. The molecule has 2 atom stereocenters. The van der Waals surface area contributed by atoms with E-state index in [0.29, 0.717) is 6.04 Å². The van der Waals surface area contributed by atoms with Gasteiger partial charge in [-0.05, 0) is 25.3 Å². The Hall–Kier alpha value is -0.870. The van der Waals surface area contributed by atoms with Crippen molar-refractivity contribution in [2.24, 2.45) is 0 Å². The van der Waals surface area contributed by atoms with Crippen LogP contribution in [0, 0.1) is 0 Å². The lowest BCUT2D eigenvalue weighted by molar-refractivity contribution is 0.0621. The summed E-state index contributed by atoms with van der Waals surface area (Å²) in [6.45, 7) is 5.89. The smallest absolute Gasteiger partial charge is 0.264 e. The highest BCUT2D eigenvalue weighted by Crippen LogP contribution is 2.16. The molecule has 82 valence electrons. The van der Waals surface area contributed by atoms with Crippen molar-refractivity contribution in [2.75, 3.05) is 13.1 Å². The molecule has 0 aliphatic carbocycles. The van der Waals surface area contributed by atoms with Gasteiger partial charge in [-0.1, -0.05) is 6.07 Å². The van der Waals surface area contributed by atoms with Gasteiger partial charge in [0.05, 0.1) is 4.88 Å². The van der Waals surface area contributed by atoms with E-state index in [0.717, 1.165) is 18.0 Å². The van der Waals surface area contributed by atoms with E-state index in [-0.39, 0.29) is 11.9 Å². The Kier molecular flexibility index (Phi) is 3.07. The molecule has 2 heterocycles. The summed E-state index contributed by atoms with van der Waals surface area (Å²) < 4.78 is 0. The van der Waals surface area contributed by atoms with E-state index in [1.165, 1.54) is 11.3 Å². The van der Waals surface area contributed by atoms with Gasteiger partial charge < -0.3 is 10.2 Å². The fourth-order valence-electron chi connectivity index (χ4n) is 1.85. The van der Waals surface area contributed by atoms with Gasteiger partial charge in [-0.2, -0.15) is 0 Å². The fraction of sp³-hybridized carbons (Fsp3) is 0.545. The summed E-state index contributed by atoms with van der Waals surface area (Å²) in [5.41, 5.74) is 0. The van der Waals surface area contributed by atoms with Crippen molar-refractivity contribution >= 4 is 17.2 Å². The monoisotopic (exact) mass is 224 g/mol. The maximum absolute atomic E-state index is 12.1. The normalized spacial score (nSPS) is 26.7. The summed E-state index contributed by atoms with van der Waals surface area (Å²) in [4.78, 5) is 14.9. The topological polar surface area (TPSA) is 32.3 Å². The van der Waals surface area contributed by atoms with E-state index in [1.807, 2.05) is 22.4 Å². The van der Waals surface area contributed by atoms with Gasteiger partial charge in [0.25, 0.3) is 5.91 Å². The van der Waals surface area contributed by atoms with Crippen LogP contribution < -0.4 is 5.32 Å². The Labute approximate surface area is 94.1 Å². The third-order valence-corrected chi connectivity index (χ3v) is 3.62. The highest BCUT2D eigenvalue weighted by molar-refractivity contribution is 7.12. The quantitative estimate of drug-likeness (QED) is 0.785. The van der Waals surface area contributed by atoms with Gasteiger partial charge in [-0.3, -0.25) is 4.79 Å². The van der Waals surface area contributed by atoms with Crippen LogP contribution in [0.4, 0.5) is 0 Å². The molecule has 1 saturated heterocycles. The van der Waals surface area contributed by atoms with Crippen molar-refractivity contribution in [3.05, 3.63) is 22.4 Å². The zero-order valence-corrected chi connectivity index (χ0v) is 9.88. The first-order chi connectivity index (χ1) is 7.18. The van der Waals surface area contributed by atoms with Crippen molar-refractivity contribution in [3.63, 3.8) is 0 Å². The molecule has 0 aromatic carbocycles. The summed E-state index contributed by atoms with van der Waals surface area (Å²) in [5.74, 6) is 0.172. The molecule has 0 saturated carbocycles. The largest absolute Gasteiger partial charge is 0.332 e. The predicted octanol–water partition coefficient (Wildman–Crippen LogP) is 1.57. The van der Waals surface area contributed by atoms with Gasteiger partial charge in [0.15, 0.2) is 0 Å². The number of nitrogens with one attached hydrogen (secondary N) is 1. The third-order valence-electron chi connectivity index (χ3n) is 2.76. The number of thiophene rings is 1. The Balaban J connectivity index is 2.12. The molecule has 15 heavy (non-hydrogen) atoms. The molecule has 1 fully saturated rings. The van der Waals surface area contributed by atoms with Crippen LogP contribution in [0.1, 0.15) is 23.5 Å². The van der Waals surface area contributed by atoms with E-state index in [9.17, 15) is 4.79 Å². The van der Waals surface area contributed by atoms with Gasteiger partial charge in [-0.25, -0.2) is 0 Å². The van der Waals surface area contributed by atoms with E-state index < -0.39 is 0 Å². The van der Waals surface area contributed by atoms with Gasteiger partial charge in [-0.15, -0.1) is 11.3 Å². The maximum Gasteiger partial charge on any atom is 0.264 e. The van der Waals surface area contributed by atoms with Crippen LogP contribution in [0.25, 0.3) is 0 Å². The Bertz CT molecular complexity index is 336. The summed E-state index contributed by atoms with van der Waals surface area (Å²) in [6.07, 6.45) is 0. The van der Waals surface area contributed by atoms with Gasteiger partial charge >= 0.3 is 0 Å². The minimum Gasteiger partial charge on any atom is -0.332 e. The number of hydrogen-bond acceptors (Lipinski definition) is 3. The van der Waals surface area contributed by atoms with Gasteiger partial charge in [0, 0.05) is 25.2 Å². The molecule has 1 aliphatic heterocycles.